The smallest absolute Gasteiger partial charge is 0.195 e. The van der Waals surface area contributed by atoms with Crippen molar-refractivity contribution in [1.29, 1.82) is 0 Å². The van der Waals surface area contributed by atoms with Crippen LogP contribution in [0.5, 0.6) is 0 Å². The molecule has 0 bridgehead atoms. The maximum Gasteiger partial charge on any atom is 0.195 e. The molecule has 84 valence electrons. The Hall–Kier alpha value is 0.0500. The van der Waals surface area contributed by atoms with E-state index in [0.717, 1.165) is 17.3 Å². The van der Waals surface area contributed by atoms with E-state index in [0.29, 0.717) is 13.2 Å². The third kappa shape index (κ3) is 2.79. The van der Waals surface area contributed by atoms with Crippen molar-refractivity contribution in [2.75, 3.05) is 18.5 Å². The molecule has 1 aliphatic rings. The van der Waals surface area contributed by atoms with Crippen LogP contribution in [0.3, 0.4) is 0 Å². The summed E-state index contributed by atoms with van der Waals surface area (Å²) in [5.74, 6) is -0.509. The highest BCUT2D eigenvalue weighted by molar-refractivity contribution is 9.09. The molecule has 0 saturated carbocycles. The molecule has 2 nitrogen and oxygen atoms in total. The zero-order valence-electron chi connectivity index (χ0n) is 8.62. The minimum absolute atomic E-state index is 0. The Kier molecular flexibility index (Phi) is 5.20. The molecule has 0 aliphatic carbocycles. The lowest BCUT2D eigenvalue weighted by atomic mass is 10.0. The Morgan fingerprint density at radius 2 is 1.73 bits per heavy atom. The fourth-order valence-corrected chi connectivity index (χ4v) is 2.25. The predicted octanol–water partition coefficient (Wildman–Crippen LogP) is 2.73. The van der Waals surface area contributed by atoms with Crippen LogP contribution < -0.4 is 0 Å². The van der Waals surface area contributed by atoms with E-state index in [2.05, 4.69) is 15.9 Å². The third-order valence-corrected chi connectivity index (χ3v) is 2.79. The maximum atomic E-state index is 5.71. The van der Waals surface area contributed by atoms with Crippen LogP contribution in [0.4, 0.5) is 0 Å². The van der Waals surface area contributed by atoms with Gasteiger partial charge in [-0.15, -0.1) is 0 Å². The Morgan fingerprint density at radius 1 is 1.13 bits per heavy atom. The fraction of sp³-hybridized carbons (Fsp3) is 0.455. The van der Waals surface area contributed by atoms with Gasteiger partial charge in [0.2, 0.25) is 0 Å². The second-order valence-corrected chi connectivity index (χ2v) is 4.05. The Bertz CT molecular complexity index is 286. The van der Waals surface area contributed by atoms with Gasteiger partial charge in [-0.3, -0.25) is 0 Å². The average molecular weight is 291 g/mol. The summed E-state index contributed by atoms with van der Waals surface area (Å²) < 4.78 is 11.4. The lowest BCUT2D eigenvalue weighted by Gasteiger charge is -2.26. The quantitative estimate of drug-likeness (QED) is 0.630. The normalized spacial score (nSPS) is 18.5. The van der Waals surface area contributed by atoms with Gasteiger partial charge in [0.15, 0.2) is 5.79 Å². The molecular weight excluding hydrogens is 275 g/mol. The lowest BCUT2D eigenvalue weighted by Crippen LogP contribution is -2.27. The summed E-state index contributed by atoms with van der Waals surface area (Å²) in [4.78, 5) is 0. The molecule has 4 heteroatoms. The molecule has 1 aromatic carbocycles. The summed E-state index contributed by atoms with van der Waals surface area (Å²) in [5.41, 5.74) is 1.11. The van der Waals surface area contributed by atoms with E-state index in [1.54, 1.807) is 0 Å². The predicted molar refractivity (Wildman–Crippen MR) is 69.5 cm³/mol. The van der Waals surface area contributed by atoms with Crippen LogP contribution in [0.2, 0.25) is 0 Å². The minimum atomic E-state index is -0.509. The summed E-state index contributed by atoms with van der Waals surface area (Å²) in [6, 6.07) is 10.1. The van der Waals surface area contributed by atoms with Gasteiger partial charge in [0, 0.05) is 17.3 Å². The highest BCUT2D eigenvalue weighted by Gasteiger charge is 2.37. The van der Waals surface area contributed by atoms with E-state index < -0.39 is 5.79 Å². The largest absolute Gasteiger partial charge is 0.343 e. The SMILES string of the molecule is BrCCC1(c2ccccc2)OCCO1.P. The van der Waals surface area contributed by atoms with E-state index in [4.69, 9.17) is 9.47 Å². The van der Waals surface area contributed by atoms with E-state index in [9.17, 15) is 0 Å². The topological polar surface area (TPSA) is 18.5 Å². The van der Waals surface area contributed by atoms with Crippen LogP contribution >= 0.6 is 25.8 Å². The molecule has 2 rings (SSSR count). The molecule has 1 fully saturated rings. The molecule has 0 amide bonds. The first-order chi connectivity index (χ1) is 6.87. The van der Waals surface area contributed by atoms with Crippen LogP contribution in [0.1, 0.15) is 12.0 Å². The monoisotopic (exact) mass is 290 g/mol. The van der Waals surface area contributed by atoms with Crippen molar-refractivity contribution in [3.8, 4) is 0 Å². The number of benzene rings is 1. The molecule has 1 saturated heterocycles. The van der Waals surface area contributed by atoms with E-state index in [1.807, 2.05) is 30.3 Å². The maximum absolute atomic E-state index is 5.71. The van der Waals surface area contributed by atoms with Crippen molar-refractivity contribution in [3.63, 3.8) is 0 Å². The molecule has 1 heterocycles. The number of hydrogen-bond donors (Lipinski definition) is 0. The van der Waals surface area contributed by atoms with Crippen LogP contribution in [-0.2, 0) is 15.3 Å². The number of hydrogen-bond acceptors (Lipinski definition) is 2. The number of alkyl halides is 1. The van der Waals surface area contributed by atoms with Gasteiger partial charge in [0.25, 0.3) is 0 Å². The van der Waals surface area contributed by atoms with Crippen LogP contribution in [0, 0.1) is 0 Å². The summed E-state index contributed by atoms with van der Waals surface area (Å²) in [7, 11) is 0. The molecular formula is C11H16BrO2P. The molecule has 1 atom stereocenters. The molecule has 15 heavy (non-hydrogen) atoms. The number of ether oxygens (including phenoxy) is 2. The second-order valence-electron chi connectivity index (χ2n) is 3.25. The summed E-state index contributed by atoms with van der Waals surface area (Å²) in [5, 5.41) is 0.877. The summed E-state index contributed by atoms with van der Waals surface area (Å²) in [6.45, 7) is 1.36. The second kappa shape index (κ2) is 5.95. The molecule has 0 N–H and O–H groups in total. The van der Waals surface area contributed by atoms with Crippen molar-refractivity contribution in [3.05, 3.63) is 35.9 Å². The van der Waals surface area contributed by atoms with Crippen molar-refractivity contribution < 1.29 is 9.47 Å². The van der Waals surface area contributed by atoms with Crippen molar-refractivity contribution >= 4 is 25.8 Å². The van der Waals surface area contributed by atoms with E-state index in [1.165, 1.54) is 0 Å². The van der Waals surface area contributed by atoms with Crippen LogP contribution in [0.15, 0.2) is 30.3 Å². The molecule has 1 unspecified atom stereocenters. The number of halogens is 1. The van der Waals surface area contributed by atoms with Gasteiger partial charge >= 0.3 is 0 Å². The van der Waals surface area contributed by atoms with Crippen molar-refractivity contribution in [1.82, 2.24) is 0 Å². The molecule has 0 spiro atoms. The highest BCUT2D eigenvalue weighted by atomic mass is 79.9. The average Bonchev–Trinajstić information content (AvgIpc) is 2.70. The Morgan fingerprint density at radius 3 is 2.27 bits per heavy atom. The third-order valence-electron chi connectivity index (χ3n) is 2.39. The molecule has 0 aromatic heterocycles. The fourth-order valence-electron chi connectivity index (χ4n) is 1.73. The van der Waals surface area contributed by atoms with Gasteiger partial charge in [-0.25, -0.2) is 0 Å². The first kappa shape index (κ1) is 13.1. The van der Waals surface area contributed by atoms with E-state index in [-0.39, 0.29) is 9.90 Å². The van der Waals surface area contributed by atoms with Crippen molar-refractivity contribution in [2.24, 2.45) is 0 Å². The van der Waals surface area contributed by atoms with Gasteiger partial charge < -0.3 is 9.47 Å². The van der Waals surface area contributed by atoms with Crippen LogP contribution in [0.25, 0.3) is 0 Å². The summed E-state index contributed by atoms with van der Waals surface area (Å²) in [6.07, 6.45) is 0.844. The van der Waals surface area contributed by atoms with Crippen LogP contribution in [-0.4, -0.2) is 18.5 Å². The lowest BCUT2D eigenvalue weighted by molar-refractivity contribution is -0.166. The van der Waals surface area contributed by atoms with Gasteiger partial charge in [-0.1, -0.05) is 46.3 Å². The Labute approximate surface area is 102 Å². The van der Waals surface area contributed by atoms with Gasteiger partial charge in [-0.05, 0) is 0 Å². The first-order valence-corrected chi connectivity index (χ1v) is 5.89. The summed E-state index contributed by atoms with van der Waals surface area (Å²) >= 11 is 3.43. The van der Waals surface area contributed by atoms with E-state index >= 15 is 0 Å². The van der Waals surface area contributed by atoms with Gasteiger partial charge in [0.05, 0.1) is 13.2 Å². The number of rotatable bonds is 3. The van der Waals surface area contributed by atoms with Gasteiger partial charge in [-0.2, -0.15) is 9.90 Å². The molecule has 1 aliphatic heterocycles. The zero-order chi connectivity index (χ0) is 9.86. The minimum Gasteiger partial charge on any atom is -0.343 e. The molecule has 0 radical (unpaired) electrons. The van der Waals surface area contributed by atoms with Gasteiger partial charge in [0.1, 0.15) is 0 Å². The standard InChI is InChI=1S/C11H13BrO2.H3P/c12-7-6-11(13-8-9-14-11)10-4-2-1-3-5-10;/h1-5H,6-9H2;1H3. The highest BCUT2D eigenvalue weighted by Crippen LogP contribution is 2.34. The molecule has 1 aromatic rings. The first-order valence-electron chi connectivity index (χ1n) is 4.77. The Balaban J connectivity index is 0.00000112. The zero-order valence-corrected chi connectivity index (χ0v) is 11.6. The van der Waals surface area contributed by atoms with Crippen molar-refractivity contribution in [2.45, 2.75) is 12.2 Å².